The minimum atomic E-state index is 0.225. The maximum absolute atomic E-state index is 5.97. The van der Waals surface area contributed by atoms with Crippen LogP contribution in [-0.4, -0.2) is 47.9 Å². The van der Waals surface area contributed by atoms with Crippen LogP contribution in [0.1, 0.15) is 6.92 Å². The van der Waals surface area contributed by atoms with Crippen molar-refractivity contribution < 1.29 is 9.47 Å². The van der Waals surface area contributed by atoms with Crippen molar-refractivity contribution in [1.29, 1.82) is 0 Å². The molecule has 2 aromatic heterocycles. The van der Waals surface area contributed by atoms with Crippen LogP contribution in [0.25, 0.3) is 11.4 Å². The van der Waals surface area contributed by atoms with E-state index in [1.165, 1.54) is 7.11 Å². The number of anilines is 3. The molecule has 0 unspecified atom stereocenters. The van der Waals surface area contributed by atoms with E-state index in [1.54, 1.807) is 18.2 Å². The number of nitrogen functional groups attached to an aromatic ring is 2. The molecule has 0 spiro atoms. The molecule has 23 heavy (non-hydrogen) atoms. The van der Waals surface area contributed by atoms with Gasteiger partial charge in [0.15, 0.2) is 5.82 Å². The van der Waals surface area contributed by atoms with E-state index < -0.39 is 0 Å². The highest BCUT2D eigenvalue weighted by molar-refractivity contribution is 5.64. The SMILES string of the molecule is COc1cc(-c2nc(N)cc(N3CCOC[C@H]3C)n2)cc(N)n1. The lowest BCUT2D eigenvalue weighted by atomic mass is 10.2. The normalized spacial score (nSPS) is 18.0. The van der Waals surface area contributed by atoms with Crippen molar-refractivity contribution in [2.75, 3.05) is 43.2 Å². The van der Waals surface area contributed by atoms with E-state index in [0.717, 1.165) is 12.4 Å². The number of hydrogen-bond donors (Lipinski definition) is 2. The fourth-order valence-corrected chi connectivity index (χ4v) is 2.56. The molecule has 0 bridgehead atoms. The van der Waals surface area contributed by atoms with Crippen LogP contribution < -0.4 is 21.1 Å². The van der Waals surface area contributed by atoms with E-state index >= 15 is 0 Å². The Balaban J connectivity index is 2.02. The predicted octanol–water partition coefficient (Wildman–Crippen LogP) is 0.937. The summed E-state index contributed by atoms with van der Waals surface area (Å²) < 4.78 is 10.6. The summed E-state index contributed by atoms with van der Waals surface area (Å²) in [6.45, 7) is 4.18. The van der Waals surface area contributed by atoms with Gasteiger partial charge in [0.2, 0.25) is 5.88 Å². The maximum Gasteiger partial charge on any atom is 0.215 e. The van der Waals surface area contributed by atoms with E-state index in [-0.39, 0.29) is 6.04 Å². The molecule has 2 aromatic rings. The fraction of sp³-hybridized carbons (Fsp3) is 0.400. The molecule has 0 aromatic carbocycles. The second-order valence-corrected chi connectivity index (χ2v) is 5.41. The number of ether oxygens (including phenoxy) is 2. The van der Waals surface area contributed by atoms with E-state index in [4.69, 9.17) is 20.9 Å². The zero-order chi connectivity index (χ0) is 16.4. The Labute approximate surface area is 134 Å². The molecule has 1 fully saturated rings. The molecule has 1 saturated heterocycles. The van der Waals surface area contributed by atoms with Crippen molar-refractivity contribution in [3.63, 3.8) is 0 Å². The van der Waals surface area contributed by atoms with E-state index in [0.29, 0.717) is 42.1 Å². The Bertz CT molecular complexity index is 708. The van der Waals surface area contributed by atoms with Crippen LogP contribution in [-0.2, 0) is 4.74 Å². The first kappa shape index (κ1) is 15.3. The number of methoxy groups -OCH3 is 1. The number of morpholine rings is 1. The Morgan fingerprint density at radius 2 is 1.96 bits per heavy atom. The number of aromatic nitrogens is 3. The predicted molar refractivity (Wildman–Crippen MR) is 88.3 cm³/mol. The van der Waals surface area contributed by atoms with Crippen molar-refractivity contribution in [3.05, 3.63) is 18.2 Å². The second-order valence-electron chi connectivity index (χ2n) is 5.41. The highest BCUT2D eigenvalue weighted by Gasteiger charge is 2.21. The molecule has 0 amide bonds. The summed E-state index contributed by atoms with van der Waals surface area (Å²) in [5.41, 5.74) is 12.5. The number of rotatable bonds is 3. The molecule has 3 heterocycles. The summed E-state index contributed by atoms with van der Waals surface area (Å²) in [4.78, 5) is 15.2. The van der Waals surface area contributed by atoms with Gasteiger partial charge in [-0.3, -0.25) is 0 Å². The van der Waals surface area contributed by atoms with Gasteiger partial charge in [0.1, 0.15) is 17.5 Å². The van der Waals surface area contributed by atoms with Crippen LogP contribution in [0, 0.1) is 0 Å². The molecular weight excluding hydrogens is 296 g/mol. The summed E-state index contributed by atoms with van der Waals surface area (Å²) in [6, 6.07) is 5.43. The molecule has 1 aliphatic heterocycles. The van der Waals surface area contributed by atoms with Gasteiger partial charge in [-0.2, -0.15) is 4.98 Å². The smallest absolute Gasteiger partial charge is 0.215 e. The first-order valence-corrected chi connectivity index (χ1v) is 7.37. The summed E-state index contributed by atoms with van der Waals surface area (Å²) in [5.74, 6) is 2.42. The number of hydrogen-bond acceptors (Lipinski definition) is 8. The summed E-state index contributed by atoms with van der Waals surface area (Å²) in [7, 11) is 1.53. The first-order valence-electron chi connectivity index (χ1n) is 7.37. The molecule has 0 saturated carbocycles. The lowest BCUT2D eigenvalue weighted by molar-refractivity contribution is 0.0985. The number of nitrogens with zero attached hydrogens (tertiary/aromatic N) is 4. The van der Waals surface area contributed by atoms with Gasteiger partial charge in [0.05, 0.1) is 26.4 Å². The van der Waals surface area contributed by atoms with Crippen LogP contribution in [0.4, 0.5) is 17.5 Å². The lowest BCUT2D eigenvalue weighted by Crippen LogP contribution is -2.44. The second kappa shape index (κ2) is 6.25. The minimum absolute atomic E-state index is 0.225. The van der Waals surface area contributed by atoms with Gasteiger partial charge in [0, 0.05) is 24.2 Å². The standard InChI is InChI=1S/C15H20N6O2/c1-9-8-23-4-3-21(9)13-7-12(17)19-15(20-13)10-5-11(16)18-14(6-10)22-2/h5-7,9H,3-4,8H2,1-2H3,(H2,16,18)(H2,17,19,20)/t9-/m1/s1. The van der Waals surface area contributed by atoms with Gasteiger partial charge in [-0.15, -0.1) is 0 Å². The van der Waals surface area contributed by atoms with E-state index in [1.807, 2.05) is 0 Å². The molecule has 4 N–H and O–H groups in total. The number of nitrogens with two attached hydrogens (primary N) is 2. The van der Waals surface area contributed by atoms with Gasteiger partial charge < -0.3 is 25.8 Å². The average molecular weight is 316 g/mol. The highest BCUT2D eigenvalue weighted by Crippen LogP contribution is 2.26. The molecule has 8 nitrogen and oxygen atoms in total. The third kappa shape index (κ3) is 3.26. The Morgan fingerprint density at radius 1 is 1.17 bits per heavy atom. The van der Waals surface area contributed by atoms with Crippen LogP contribution >= 0.6 is 0 Å². The van der Waals surface area contributed by atoms with Gasteiger partial charge in [0.25, 0.3) is 0 Å². The van der Waals surface area contributed by atoms with Gasteiger partial charge >= 0.3 is 0 Å². The molecular formula is C15H20N6O2. The first-order chi connectivity index (χ1) is 11.1. The average Bonchev–Trinajstić information content (AvgIpc) is 2.54. The molecule has 3 rings (SSSR count). The summed E-state index contributed by atoms with van der Waals surface area (Å²) in [6.07, 6.45) is 0. The van der Waals surface area contributed by atoms with Gasteiger partial charge in [-0.25, -0.2) is 9.97 Å². The molecule has 0 aliphatic carbocycles. The summed E-state index contributed by atoms with van der Waals surface area (Å²) in [5, 5.41) is 0. The van der Waals surface area contributed by atoms with Gasteiger partial charge in [-0.05, 0) is 13.0 Å². The molecule has 122 valence electrons. The Hall–Kier alpha value is -2.61. The largest absolute Gasteiger partial charge is 0.481 e. The quantitative estimate of drug-likeness (QED) is 0.860. The lowest BCUT2D eigenvalue weighted by Gasteiger charge is -2.34. The molecule has 1 aliphatic rings. The molecule has 8 heteroatoms. The van der Waals surface area contributed by atoms with Gasteiger partial charge in [-0.1, -0.05) is 0 Å². The monoisotopic (exact) mass is 316 g/mol. The fourth-order valence-electron chi connectivity index (χ4n) is 2.56. The van der Waals surface area contributed by atoms with Crippen molar-refractivity contribution in [2.45, 2.75) is 13.0 Å². The molecule has 0 radical (unpaired) electrons. The van der Waals surface area contributed by atoms with E-state index in [2.05, 4.69) is 26.8 Å². The van der Waals surface area contributed by atoms with Crippen LogP contribution in [0.5, 0.6) is 5.88 Å². The third-order valence-electron chi connectivity index (χ3n) is 3.68. The van der Waals surface area contributed by atoms with Crippen LogP contribution in [0.15, 0.2) is 18.2 Å². The maximum atomic E-state index is 5.97. The van der Waals surface area contributed by atoms with Crippen LogP contribution in [0.3, 0.4) is 0 Å². The third-order valence-corrected chi connectivity index (χ3v) is 3.68. The Kier molecular flexibility index (Phi) is 4.16. The molecule has 1 atom stereocenters. The topological polar surface area (TPSA) is 112 Å². The van der Waals surface area contributed by atoms with Crippen molar-refractivity contribution >= 4 is 17.5 Å². The highest BCUT2D eigenvalue weighted by atomic mass is 16.5. The zero-order valence-corrected chi connectivity index (χ0v) is 13.2. The van der Waals surface area contributed by atoms with Crippen molar-refractivity contribution in [1.82, 2.24) is 15.0 Å². The summed E-state index contributed by atoms with van der Waals surface area (Å²) >= 11 is 0. The van der Waals surface area contributed by atoms with E-state index in [9.17, 15) is 0 Å². The number of pyridine rings is 1. The minimum Gasteiger partial charge on any atom is -0.481 e. The Morgan fingerprint density at radius 3 is 2.70 bits per heavy atom. The zero-order valence-electron chi connectivity index (χ0n) is 13.2. The van der Waals surface area contributed by atoms with Crippen LogP contribution in [0.2, 0.25) is 0 Å². The van der Waals surface area contributed by atoms with Crippen molar-refractivity contribution in [2.24, 2.45) is 0 Å². The van der Waals surface area contributed by atoms with Crippen molar-refractivity contribution in [3.8, 4) is 17.3 Å².